The molecule has 0 spiro atoms. The van der Waals surface area contributed by atoms with E-state index in [1.54, 1.807) is 24.3 Å². The highest BCUT2D eigenvalue weighted by atomic mass is 32.2. The Kier molecular flexibility index (Phi) is 5.98. The van der Waals surface area contributed by atoms with Crippen molar-refractivity contribution in [3.63, 3.8) is 0 Å². The molecule has 7 rings (SSSR count). The maximum Gasteiger partial charge on any atom is 0.256 e. The molecule has 0 unspecified atom stereocenters. The molecule has 9 nitrogen and oxygen atoms in total. The first-order chi connectivity index (χ1) is 19.0. The minimum Gasteiger partial charge on any atom is -0.379 e. The van der Waals surface area contributed by atoms with Crippen molar-refractivity contribution in [2.24, 2.45) is 0 Å². The van der Waals surface area contributed by atoms with Gasteiger partial charge in [0.15, 0.2) is 5.65 Å². The molecule has 0 radical (unpaired) electrons. The van der Waals surface area contributed by atoms with Crippen LogP contribution in [0.2, 0.25) is 0 Å². The molecule has 1 saturated heterocycles. The SMILES string of the molecule is O=C(Nc1ccc(S(=O)(=O)N2CCOCC2)cc1)c1cc(C2CC2)nc2c1c(C1CC1)nn2-c1ccccc1. The molecule has 200 valence electrons. The van der Waals surface area contributed by atoms with Gasteiger partial charge in [0.2, 0.25) is 10.0 Å². The number of ether oxygens (including phenoxy) is 1. The average molecular weight is 544 g/mol. The number of pyridine rings is 1. The Hall–Kier alpha value is -3.60. The molecule has 3 aliphatic rings. The number of carbonyl (C=O) groups is 1. The molecule has 0 bridgehead atoms. The second kappa shape index (κ2) is 9.55. The van der Waals surface area contributed by atoms with Gasteiger partial charge in [0.25, 0.3) is 5.91 Å². The molecule has 0 atom stereocenters. The normalized spacial score (nSPS) is 18.4. The number of nitrogens with zero attached hydrogens (tertiary/aromatic N) is 4. The molecule has 3 heterocycles. The zero-order valence-electron chi connectivity index (χ0n) is 21.4. The number of benzene rings is 2. The summed E-state index contributed by atoms with van der Waals surface area (Å²) in [6.07, 6.45) is 4.22. The van der Waals surface area contributed by atoms with Crippen molar-refractivity contribution in [3.05, 3.63) is 77.6 Å². The first-order valence-electron chi connectivity index (χ1n) is 13.5. The van der Waals surface area contributed by atoms with Crippen LogP contribution in [0.15, 0.2) is 65.6 Å². The smallest absolute Gasteiger partial charge is 0.256 e. The van der Waals surface area contributed by atoms with Gasteiger partial charge in [-0.25, -0.2) is 18.1 Å². The fourth-order valence-electron chi connectivity index (χ4n) is 5.17. The van der Waals surface area contributed by atoms with Crippen molar-refractivity contribution in [3.8, 4) is 5.69 Å². The number of hydrogen-bond acceptors (Lipinski definition) is 6. The highest BCUT2D eigenvalue weighted by Crippen LogP contribution is 2.45. The number of nitrogens with one attached hydrogen (secondary N) is 1. The molecule has 2 saturated carbocycles. The van der Waals surface area contributed by atoms with Gasteiger partial charge < -0.3 is 10.1 Å². The molecule has 10 heteroatoms. The number of hydrogen-bond donors (Lipinski definition) is 1. The molecule has 2 aliphatic carbocycles. The van der Waals surface area contributed by atoms with Crippen molar-refractivity contribution < 1.29 is 17.9 Å². The van der Waals surface area contributed by atoms with E-state index in [1.165, 1.54) is 4.31 Å². The van der Waals surface area contributed by atoms with Crippen LogP contribution in [-0.4, -0.2) is 59.7 Å². The Bertz CT molecular complexity index is 1650. The third-order valence-electron chi connectivity index (χ3n) is 7.61. The quantitative estimate of drug-likeness (QED) is 0.369. The predicted octanol–water partition coefficient (Wildman–Crippen LogP) is 4.45. The lowest BCUT2D eigenvalue weighted by Crippen LogP contribution is -2.40. The Balaban J connectivity index is 1.24. The molecular formula is C29H29N5O4S. The number of carbonyl (C=O) groups excluding carboxylic acids is 1. The topological polar surface area (TPSA) is 106 Å². The summed E-state index contributed by atoms with van der Waals surface area (Å²) in [6.45, 7) is 1.45. The maximum atomic E-state index is 13.8. The van der Waals surface area contributed by atoms with Crippen LogP contribution in [0.4, 0.5) is 5.69 Å². The number of anilines is 1. The Morgan fingerprint density at radius 1 is 0.923 bits per heavy atom. The maximum absolute atomic E-state index is 13.8. The molecule has 4 aromatic rings. The minimum absolute atomic E-state index is 0.199. The van der Waals surface area contributed by atoms with Gasteiger partial charge in [0.05, 0.1) is 40.4 Å². The summed E-state index contributed by atoms with van der Waals surface area (Å²) in [7, 11) is -3.61. The lowest BCUT2D eigenvalue weighted by atomic mass is 10.0. The molecule has 1 aliphatic heterocycles. The number of sulfonamides is 1. The second-order valence-corrected chi connectivity index (χ2v) is 12.4. The van der Waals surface area contributed by atoms with Crippen LogP contribution in [0.1, 0.15) is 59.3 Å². The van der Waals surface area contributed by atoms with E-state index in [0.717, 1.165) is 48.1 Å². The third kappa shape index (κ3) is 4.62. The zero-order chi connectivity index (χ0) is 26.6. The largest absolute Gasteiger partial charge is 0.379 e. The van der Waals surface area contributed by atoms with Crippen LogP contribution >= 0.6 is 0 Å². The van der Waals surface area contributed by atoms with Crippen LogP contribution in [-0.2, 0) is 14.8 Å². The van der Waals surface area contributed by atoms with Gasteiger partial charge in [-0.1, -0.05) is 18.2 Å². The van der Waals surface area contributed by atoms with Crippen LogP contribution < -0.4 is 5.32 Å². The summed E-state index contributed by atoms with van der Waals surface area (Å²) >= 11 is 0. The number of rotatable bonds is 7. The lowest BCUT2D eigenvalue weighted by molar-refractivity contribution is 0.0730. The number of aromatic nitrogens is 3. The van der Waals surface area contributed by atoms with E-state index in [4.69, 9.17) is 14.8 Å². The molecule has 1 N–H and O–H groups in total. The number of amides is 1. The number of para-hydroxylation sites is 1. The second-order valence-electron chi connectivity index (χ2n) is 10.5. The Labute approximate surface area is 226 Å². The summed E-state index contributed by atoms with van der Waals surface area (Å²) in [6, 6.07) is 18.2. The summed E-state index contributed by atoms with van der Waals surface area (Å²) < 4.78 is 34.6. The van der Waals surface area contributed by atoms with E-state index < -0.39 is 10.0 Å². The van der Waals surface area contributed by atoms with E-state index in [-0.39, 0.29) is 10.8 Å². The van der Waals surface area contributed by atoms with Crippen molar-refractivity contribution in [1.29, 1.82) is 0 Å². The minimum atomic E-state index is -3.61. The van der Waals surface area contributed by atoms with Gasteiger partial charge >= 0.3 is 0 Å². The van der Waals surface area contributed by atoms with Gasteiger partial charge in [-0.15, -0.1) is 0 Å². The molecule has 2 aromatic heterocycles. The number of fused-ring (bicyclic) bond motifs is 1. The molecule has 3 fully saturated rings. The van der Waals surface area contributed by atoms with Crippen molar-refractivity contribution in [1.82, 2.24) is 19.1 Å². The molecule has 2 aromatic carbocycles. The molecule has 39 heavy (non-hydrogen) atoms. The van der Waals surface area contributed by atoms with Crippen molar-refractivity contribution in [2.45, 2.75) is 42.4 Å². The van der Waals surface area contributed by atoms with E-state index in [2.05, 4.69) is 5.32 Å². The van der Waals surface area contributed by atoms with Crippen LogP contribution in [0, 0.1) is 0 Å². The van der Waals surface area contributed by atoms with Gasteiger partial charge in [0, 0.05) is 36.3 Å². The highest BCUT2D eigenvalue weighted by Gasteiger charge is 2.34. The highest BCUT2D eigenvalue weighted by molar-refractivity contribution is 7.89. The van der Waals surface area contributed by atoms with E-state index in [9.17, 15) is 13.2 Å². The average Bonchev–Trinajstić information content (AvgIpc) is 3.91. The number of morpholine rings is 1. The molecule has 1 amide bonds. The van der Waals surface area contributed by atoms with Crippen molar-refractivity contribution in [2.75, 3.05) is 31.6 Å². The van der Waals surface area contributed by atoms with Gasteiger partial charge in [-0.2, -0.15) is 9.40 Å². The van der Waals surface area contributed by atoms with E-state index >= 15 is 0 Å². The van der Waals surface area contributed by atoms with Crippen LogP contribution in [0.3, 0.4) is 0 Å². The predicted molar refractivity (Wildman–Crippen MR) is 147 cm³/mol. The van der Waals surface area contributed by atoms with Crippen molar-refractivity contribution >= 4 is 32.7 Å². The van der Waals surface area contributed by atoms with Crippen LogP contribution in [0.5, 0.6) is 0 Å². The Morgan fingerprint density at radius 2 is 1.62 bits per heavy atom. The summed E-state index contributed by atoms with van der Waals surface area (Å²) in [5.74, 6) is 0.430. The fourth-order valence-corrected chi connectivity index (χ4v) is 6.57. The monoisotopic (exact) mass is 543 g/mol. The van der Waals surface area contributed by atoms with Gasteiger partial charge in [0.1, 0.15) is 0 Å². The summed E-state index contributed by atoms with van der Waals surface area (Å²) in [5.41, 5.74) is 4.56. The standard InChI is InChI=1S/C29H29N5O4S/c35-29(30-21-10-12-23(13-11-21)39(36,37)33-14-16-38-17-15-33)24-18-25(19-6-7-19)31-28-26(24)27(20-8-9-20)32-34(28)22-4-2-1-3-5-22/h1-5,10-13,18-20H,6-9,14-17H2,(H,30,35). The van der Waals surface area contributed by atoms with Crippen LogP contribution in [0.25, 0.3) is 16.7 Å². The van der Waals surface area contributed by atoms with E-state index in [1.807, 2.05) is 41.1 Å². The Morgan fingerprint density at radius 3 is 2.28 bits per heavy atom. The first-order valence-corrected chi connectivity index (χ1v) is 14.9. The molecular weight excluding hydrogens is 514 g/mol. The summed E-state index contributed by atoms with van der Waals surface area (Å²) in [4.78, 5) is 19.0. The summed E-state index contributed by atoms with van der Waals surface area (Å²) in [5, 5.41) is 8.77. The first kappa shape index (κ1) is 24.4. The zero-order valence-corrected chi connectivity index (χ0v) is 22.2. The third-order valence-corrected chi connectivity index (χ3v) is 9.52. The van der Waals surface area contributed by atoms with Gasteiger partial charge in [-0.3, -0.25) is 4.79 Å². The van der Waals surface area contributed by atoms with E-state index in [0.29, 0.717) is 55.0 Å². The lowest BCUT2D eigenvalue weighted by Gasteiger charge is -2.26. The fraction of sp³-hybridized carbons (Fsp3) is 0.345. The van der Waals surface area contributed by atoms with Gasteiger partial charge in [-0.05, 0) is 68.1 Å².